The molecule has 0 aliphatic heterocycles. The molecule has 0 radical (unpaired) electrons. The van der Waals surface area contributed by atoms with Gasteiger partial charge in [-0.25, -0.2) is 0 Å². The lowest BCUT2D eigenvalue weighted by Crippen LogP contribution is -2.17. The average molecular weight is 452 g/mol. The maximum Gasteiger partial charge on any atom is 0.265 e. The normalized spacial score (nSPS) is 11.7. The van der Waals surface area contributed by atoms with Crippen LogP contribution in [0.25, 0.3) is 17.0 Å². The summed E-state index contributed by atoms with van der Waals surface area (Å²) < 4.78 is 1.92. The Morgan fingerprint density at radius 3 is 2.29 bits per heavy atom. The summed E-state index contributed by atoms with van der Waals surface area (Å²) in [7, 11) is 0. The molecule has 0 atom stereocenters. The Kier molecular flexibility index (Phi) is 6.37. The van der Waals surface area contributed by atoms with Crippen LogP contribution in [0, 0.1) is 0 Å². The van der Waals surface area contributed by atoms with Crippen LogP contribution in [0.1, 0.15) is 48.0 Å². The zero-order valence-electron chi connectivity index (χ0n) is 19.7. The van der Waals surface area contributed by atoms with Gasteiger partial charge in [0, 0.05) is 29.2 Å². The van der Waals surface area contributed by atoms with Gasteiger partial charge in [-0.2, -0.15) is 0 Å². The Morgan fingerprint density at radius 2 is 1.65 bits per heavy atom. The summed E-state index contributed by atoms with van der Waals surface area (Å²) in [4.78, 5) is 24.5. The SMILES string of the molecule is CC(C)(C)c1ccc(Cn2c(C(N)=O)cc3cc(NC(=O)C=Cc4ccccc4)ccc32)cc1. The number of primary amides is 1. The third kappa shape index (κ3) is 5.26. The number of nitrogens with one attached hydrogen (secondary N) is 1. The van der Waals surface area contributed by atoms with Crippen LogP contribution in [-0.4, -0.2) is 16.4 Å². The monoisotopic (exact) mass is 451 g/mol. The lowest BCUT2D eigenvalue weighted by Gasteiger charge is -2.19. The fraction of sp³-hybridized carbons (Fsp3) is 0.172. The van der Waals surface area contributed by atoms with E-state index in [2.05, 4.69) is 50.4 Å². The second kappa shape index (κ2) is 9.40. The fourth-order valence-corrected chi connectivity index (χ4v) is 3.94. The molecule has 172 valence electrons. The highest BCUT2D eigenvalue weighted by atomic mass is 16.1. The number of hydrogen-bond acceptors (Lipinski definition) is 2. The van der Waals surface area contributed by atoms with E-state index in [0.717, 1.165) is 22.0 Å². The number of hydrogen-bond donors (Lipinski definition) is 2. The van der Waals surface area contributed by atoms with Gasteiger partial charge in [-0.15, -0.1) is 0 Å². The molecule has 4 rings (SSSR count). The van der Waals surface area contributed by atoms with Crippen molar-refractivity contribution in [3.8, 4) is 0 Å². The Morgan fingerprint density at radius 1 is 0.941 bits per heavy atom. The van der Waals surface area contributed by atoms with E-state index in [4.69, 9.17) is 5.73 Å². The highest BCUT2D eigenvalue weighted by molar-refractivity contribution is 6.04. The van der Waals surface area contributed by atoms with Gasteiger partial charge in [0.15, 0.2) is 0 Å². The molecule has 0 saturated carbocycles. The van der Waals surface area contributed by atoms with E-state index in [1.807, 2.05) is 53.1 Å². The van der Waals surface area contributed by atoms with Crippen molar-refractivity contribution in [1.82, 2.24) is 4.57 Å². The summed E-state index contributed by atoms with van der Waals surface area (Å²) in [5.41, 5.74) is 11.0. The van der Waals surface area contributed by atoms with Crippen molar-refractivity contribution in [2.24, 2.45) is 5.73 Å². The molecular formula is C29H29N3O2. The maximum absolute atomic E-state index is 12.4. The maximum atomic E-state index is 12.4. The largest absolute Gasteiger partial charge is 0.364 e. The lowest BCUT2D eigenvalue weighted by atomic mass is 9.87. The van der Waals surface area contributed by atoms with E-state index in [9.17, 15) is 9.59 Å². The first kappa shape index (κ1) is 23.1. The molecule has 0 saturated heterocycles. The predicted octanol–water partition coefficient (Wildman–Crippen LogP) is 5.74. The van der Waals surface area contributed by atoms with Crippen molar-refractivity contribution >= 4 is 34.5 Å². The molecule has 2 amide bonds. The quantitative estimate of drug-likeness (QED) is 0.367. The average Bonchev–Trinajstić information content (AvgIpc) is 3.16. The van der Waals surface area contributed by atoms with Gasteiger partial charge in [-0.1, -0.05) is 75.4 Å². The summed E-state index contributed by atoms with van der Waals surface area (Å²) in [6, 6.07) is 25.4. The molecule has 5 nitrogen and oxygen atoms in total. The fourth-order valence-electron chi connectivity index (χ4n) is 3.94. The molecule has 0 bridgehead atoms. The third-order valence-electron chi connectivity index (χ3n) is 5.81. The van der Waals surface area contributed by atoms with Gasteiger partial charge in [-0.3, -0.25) is 9.59 Å². The molecule has 5 heteroatoms. The van der Waals surface area contributed by atoms with Crippen molar-refractivity contribution in [3.63, 3.8) is 0 Å². The Bertz CT molecular complexity index is 1360. The summed E-state index contributed by atoms with van der Waals surface area (Å²) in [5.74, 6) is -0.712. The minimum absolute atomic E-state index is 0.0776. The van der Waals surface area contributed by atoms with Gasteiger partial charge in [0.2, 0.25) is 5.91 Å². The molecular weight excluding hydrogens is 422 g/mol. The van der Waals surface area contributed by atoms with Gasteiger partial charge < -0.3 is 15.6 Å². The van der Waals surface area contributed by atoms with E-state index in [1.54, 1.807) is 12.1 Å². The first-order chi connectivity index (χ1) is 16.2. The lowest BCUT2D eigenvalue weighted by molar-refractivity contribution is -0.111. The van der Waals surface area contributed by atoms with Crippen molar-refractivity contribution in [2.75, 3.05) is 5.32 Å². The van der Waals surface area contributed by atoms with Gasteiger partial charge in [-0.05, 0) is 52.4 Å². The zero-order valence-corrected chi connectivity index (χ0v) is 19.7. The number of carbonyl (C=O) groups excluding carboxylic acids is 2. The molecule has 1 heterocycles. The van der Waals surface area contributed by atoms with Crippen LogP contribution in [0.3, 0.4) is 0 Å². The molecule has 0 aliphatic rings. The number of aromatic nitrogens is 1. The molecule has 4 aromatic rings. The number of benzene rings is 3. The van der Waals surface area contributed by atoms with Gasteiger partial charge in [0.05, 0.1) is 0 Å². The van der Waals surface area contributed by atoms with Crippen molar-refractivity contribution < 1.29 is 9.59 Å². The molecule has 0 spiro atoms. The standard InChI is InChI=1S/C29H29N3O2/c1-29(2,3)23-12-9-21(10-13-23)19-32-25-15-14-24(17-22(25)18-26(32)28(30)34)31-27(33)16-11-20-7-5-4-6-8-20/h4-18H,19H2,1-3H3,(H2,30,34)(H,31,33). The molecule has 0 fully saturated rings. The molecule has 34 heavy (non-hydrogen) atoms. The summed E-state index contributed by atoms with van der Waals surface area (Å²) >= 11 is 0. The van der Waals surface area contributed by atoms with E-state index < -0.39 is 5.91 Å². The zero-order chi connectivity index (χ0) is 24.3. The topological polar surface area (TPSA) is 77.1 Å². The molecule has 3 N–H and O–H groups in total. The Labute approximate surface area is 199 Å². The highest BCUT2D eigenvalue weighted by Gasteiger charge is 2.16. The highest BCUT2D eigenvalue weighted by Crippen LogP contribution is 2.26. The third-order valence-corrected chi connectivity index (χ3v) is 5.81. The smallest absolute Gasteiger partial charge is 0.265 e. The van der Waals surface area contributed by atoms with Crippen LogP contribution in [0.5, 0.6) is 0 Å². The van der Waals surface area contributed by atoms with Gasteiger partial charge in [0.25, 0.3) is 5.91 Å². The number of nitrogens with zero attached hydrogens (tertiary/aromatic N) is 1. The second-order valence-corrected chi connectivity index (χ2v) is 9.43. The first-order valence-corrected chi connectivity index (χ1v) is 11.3. The van der Waals surface area contributed by atoms with Crippen LogP contribution in [0.4, 0.5) is 5.69 Å². The molecule has 3 aromatic carbocycles. The second-order valence-electron chi connectivity index (χ2n) is 9.43. The number of carbonyl (C=O) groups is 2. The summed E-state index contributed by atoms with van der Waals surface area (Å²) in [6.45, 7) is 7.07. The van der Waals surface area contributed by atoms with Crippen LogP contribution in [-0.2, 0) is 16.8 Å². The van der Waals surface area contributed by atoms with Crippen molar-refractivity contribution in [1.29, 1.82) is 0 Å². The van der Waals surface area contributed by atoms with E-state index >= 15 is 0 Å². The van der Waals surface area contributed by atoms with Gasteiger partial charge in [0.1, 0.15) is 5.69 Å². The summed E-state index contributed by atoms with van der Waals surface area (Å²) in [5, 5.41) is 3.72. The molecule has 1 aromatic heterocycles. The minimum atomic E-state index is -0.487. The number of nitrogens with two attached hydrogens (primary N) is 1. The van der Waals surface area contributed by atoms with Crippen LogP contribution in [0.2, 0.25) is 0 Å². The van der Waals surface area contributed by atoms with Crippen molar-refractivity contribution in [3.05, 3.63) is 107 Å². The number of amides is 2. The predicted molar refractivity (Wildman–Crippen MR) is 139 cm³/mol. The first-order valence-electron chi connectivity index (χ1n) is 11.3. The van der Waals surface area contributed by atoms with Gasteiger partial charge >= 0.3 is 0 Å². The number of anilines is 1. The molecule has 0 unspecified atom stereocenters. The van der Waals surface area contributed by atoms with E-state index in [1.165, 1.54) is 11.6 Å². The van der Waals surface area contributed by atoms with Crippen LogP contribution >= 0.6 is 0 Å². The Hall–Kier alpha value is -4.12. The van der Waals surface area contributed by atoms with E-state index in [-0.39, 0.29) is 11.3 Å². The number of fused-ring (bicyclic) bond motifs is 1. The van der Waals surface area contributed by atoms with E-state index in [0.29, 0.717) is 17.9 Å². The van der Waals surface area contributed by atoms with Crippen LogP contribution in [0.15, 0.2) is 84.9 Å². The molecule has 0 aliphatic carbocycles. The minimum Gasteiger partial charge on any atom is -0.364 e. The number of rotatable bonds is 6. The van der Waals surface area contributed by atoms with Crippen LogP contribution < -0.4 is 11.1 Å². The summed E-state index contributed by atoms with van der Waals surface area (Å²) in [6.07, 6.45) is 3.27. The van der Waals surface area contributed by atoms with Crippen molar-refractivity contribution in [2.45, 2.75) is 32.7 Å². The Balaban J connectivity index is 1.57.